The molecule has 0 unspecified atom stereocenters. The molecule has 96 valence electrons. The minimum Gasteiger partial charge on any atom is -0.387 e. The Morgan fingerprint density at radius 1 is 1.44 bits per heavy atom. The first kappa shape index (κ1) is 13.8. The molecule has 0 aliphatic carbocycles. The molecule has 1 rings (SSSR count). The molecule has 9 heteroatoms. The van der Waals surface area contributed by atoms with Crippen LogP contribution in [0, 0.1) is 11.3 Å². The fourth-order valence-corrected chi connectivity index (χ4v) is 1.12. The van der Waals surface area contributed by atoms with Crippen molar-refractivity contribution in [3.63, 3.8) is 0 Å². The molecule has 0 radical (unpaired) electrons. The zero-order valence-electron chi connectivity index (χ0n) is 8.33. The molecule has 0 amide bonds. The number of carbonyl (C=O) groups excluding carboxylic acids is 1. The lowest BCUT2D eigenvalue weighted by Gasteiger charge is -2.12. The maximum Gasteiger partial charge on any atom is 0.574 e. The summed E-state index contributed by atoms with van der Waals surface area (Å²) in [5, 5.41) is 8.60. The summed E-state index contributed by atoms with van der Waals surface area (Å²) in [6, 6.07) is 1.22. The second kappa shape index (κ2) is 4.95. The lowest BCUT2D eigenvalue weighted by atomic mass is 10.1. The van der Waals surface area contributed by atoms with Gasteiger partial charge in [-0.15, -0.1) is 13.2 Å². The molecule has 0 aliphatic rings. The van der Waals surface area contributed by atoms with Crippen LogP contribution in [0.15, 0.2) is 6.20 Å². The van der Waals surface area contributed by atoms with Crippen LogP contribution in [0.4, 0.5) is 22.0 Å². The lowest BCUT2D eigenvalue weighted by molar-refractivity contribution is -0.276. The van der Waals surface area contributed by atoms with Gasteiger partial charge in [0, 0.05) is 6.20 Å². The Kier molecular flexibility index (Phi) is 3.80. The van der Waals surface area contributed by atoms with Crippen molar-refractivity contribution in [2.45, 2.75) is 12.8 Å². The topological polar surface area (TPSA) is 63.0 Å². The standard InChI is InChI=1S/C9H3F5N2O2/c10-7(11)5-2-16-8(18-9(12,13)14)6(3-17)4(5)1-15/h2-3,7H. The molecule has 1 aromatic heterocycles. The summed E-state index contributed by atoms with van der Waals surface area (Å²) in [7, 11) is 0. The van der Waals surface area contributed by atoms with E-state index in [-0.39, 0.29) is 6.29 Å². The number of halogens is 5. The van der Waals surface area contributed by atoms with Gasteiger partial charge in [-0.3, -0.25) is 4.79 Å². The van der Waals surface area contributed by atoms with Gasteiger partial charge in [-0.25, -0.2) is 13.8 Å². The molecule has 1 heterocycles. The first-order valence-electron chi connectivity index (χ1n) is 4.22. The van der Waals surface area contributed by atoms with E-state index in [1.807, 2.05) is 0 Å². The maximum absolute atomic E-state index is 12.4. The average molecular weight is 266 g/mol. The first-order valence-corrected chi connectivity index (χ1v) is 4.22. The molecule has 0 fully saturated rings. The van der Waals surface area contributed by atoms with Crippen molar-refractivity contribution in [1.29, 1.82) is 5.26 Å². The second-order valence-electron chi connectivity index (χ2n) is 2.89. The van der Waals surface area contributed by atoms with Gasteiger partial charge in [0.05, 0.1) is 16.7 Å². The fourth-order valence-electron chi connectivity index (χ4n) is 1.12. The molecule has 4 nitrogen and oxygen atoms in total. The van der Waals surface area contributed by atoms with E-state index in [4.69, 9.17) is 5.26 Å². The third kappa shape index (κ3) is 2.91. The highest BCUT2D eigenvalue weighted by Gasteiger charge is 2.34. The van der Waals surface area contributed by atoms with E-state index in [0.717, 1.165) is 0 Å². The van der Waals surface area contributed by atoms with Gasteiger partial charge in [-0.05, 0) is 0 Å². The number of hydrogen-bond acceptors (Lipinski definition) is 4. The van der Waals surface area contributed by atoms with Gasteiger partial charge in [-0.2, -0.15) is 5.26 Å². The Labute approximate surface area is 96.6 Å². The third-order valence-corrected chi connectivity index (χ3v) is 1.79. The van der Waals surface area contributed by atoms with Crippen LogP contribution in [-0.4, -0.2) is 17.6 Å². The quantitative estimate of drug-likeness (QED) is 0.623. The molecule has 0 bridgehead atoms. The van der Waals surface area contributed by atoms with Crippen LogP contribution in [0.25, 0.3) is 0 Å². The van der Waals surface area contributed by atoms with Crippen LogP contribution in [0.5, 0.6) is 5.88 Å². The number of rotatable bonds is 3. The van der Waals surface area contributed by atoms with Crippen molar-refractivity contribution in [3.05, 3.63) is 22.9 Å². The largest absolute Gasteiger partial charge is 0.574 e. The Hall–Kier alpha value is -2.24. The molecule has 0 spiro atoms. The van der Waals surface area contributed by atoms with Crippen LogP contribution >= 0.6 is 0 Å². The molecule has 0 atom stereocenters. The molecule has 0 N–H and O–H groups in total. The summed E-state index contributed by atoms with van der Waals surface area (Å²) in [5.41, 5.74) is -2.80. The zero-order valence-corrected chi connectivity index (χ0v) is 8.33. The van der Waals surface area contributed by atoms with Gasteiger partial charge in [-0.1, -0.05) is 0 Å². The van der Waals surface area contributed by atoms with Crippen molar-refractivity contribution in [2.24, 2.45) is 0 Å². The Balaban J connectivity index is 3.41. The van der Waals surface area contributed by atoms with Crippen LogP contribution in [0.3, 0.4) is 0 Å². The van der Waals surface area contributed by atoms with E-state index in [1.54, 1.807) is 0 Å². The van der Waals surface area contributed by atoms with Gasteiger partial charge >= 0.3 is 6.36 Å². The van der Waals surface area contributed by atoms with Gasteiger partial charge in [0.1, 0.15) is 6.07 Å². The molecule has 1 aromatic rings. The molecule has 18 heavy (non-hydrogen) atoms. The number of aldehydes is 1. The van der Waals surface area contributed by atoms with E-state index < -0.39 is 35.4 Å². The van der Waals surface area contributed by atoms with Gasteiger partial charge in [0.25, 0.3) is 6.43 Å². The fraction of sp³-hybridized carbons (Fsp3) is 0.222. The van der Waals surface area contributed by atoms with Crippen LogP contribution in [0.2, 0.25) is 0 Å². The predicted octanol–water partition coefficient (Wildman–Crippen LogP) is 2.60. The summed E-state index contributed by atoms with van der Waals surface area (Å²) < 4.78 is 64.1. The number of ether oxygens (including phenoxy) is 1. The Bertz CT molecular complexity index is 507. The summed E-state index contributed by atoms with van der Waals surface area (Å²) >= 11 is 0. The summed E-state index contributed by atoms with van der Waals surface area (Å²) in [6.45, 7) is 0. The van der Waals surface area contributed by atoms with E-state index in [0.29, 0.717) is 6.20 Å². The molecule has 0 saturated heterocycles. The maximum atomic E-state index is 12.4. The number of alkyl halides is 5. The second-order valence-corrected chi connectivity index (χ2v) is 2.89. The van der Waals surface area contributed by atoms with Crippen molar-refractivity contribution in [3.8, 4) is 11.9 Å². The highest BCUT2D eigenvalue weighted by Crippen LogP contribution is 2.30. The van der Waals surface area contributed by atoms with E-state index in [1.165, 1.54) is 6.07 Å². The smallest absolute Gasteiger partial charge is 0.387 e. The summed E-state index contributed by atoms with van der Waals surface area (Å²) in [4.78, 5) is 13.5. The third-order valence-electron chi connectivity index (χ3n) is 1.79. The van der Waals surface area contributed by atoms with E-state index >= 15 is 0 Å². The lowest BCUT2D eigenvalue weighted by Crippen LogP contribution is -2.19. The number of nitrogens with zero attached hydrogens (tertiary/aromatic N) is 2. The zero-order chi connectivity index (χ0) is 13.9. The molecule has 0 aliphatic heterocycles. The van der Waals surface area contributed by atoms with Gasteiger partial charge in [0.2, 0.25) is 5.88 Å². The van der Waals surface area contributed by atoms with Crippen LogP contribution in [-0.2, 0) is 0 Å². The summed E-state index contributed by atoms with van der Waals surface area (Å²) in [6.07, 6.45) is -8.13. The first-order chi connectivity index (χ1) is 8.30. The van der Waals surface area contributed by atoms with Crippen LogP contribution < -0.4 is 4.74 Å². The van der Waals surface area contributed by atoms with E-state index in [2.05, 4.69) is 9.72 Å². The number of pyridine rings is 1. The highest BCUT2D eigenvalue weighted by atomic mass is 19.4. The van der Waals surface area contributed by atoms with Gasteiger partial charge in [0.15, 0.2) is 6.29 Å². The molecule has 0 saturated carbocycles. The number of nitriles is 1. The van der Waals surface area contributed by atoms with Crippen molar-refractivity contribution < 1.29 is 31.5 Å². The monoisotopic (exact) mass is 266 g/mol. The SMILES string of the molecule is N#Cc1c(C(F)F)cnc(OC(F)(F)F)c1C=O. The number of aromatic nitrogens is 1. The molecular formula is C9H3F5N2O2. The normalized spacial score (nSPS) is 11.2. The minimum atomic E-state index is -5.15. The van der Waals surface area contributed by atoms with Crippen molar-refractivity contribution in [2.75, 3.05) is 0 Å². The van der Waals surface area contributed by atoms with Crippen LogP contribution in [0.1, 0.15) is 27.9 Å². The van der Waals surface area contributed by atoms with Crippen molar-refractivity contribution in [1.82, 2.24) is 4.98 Å². The van der Waals surface area contributed by atoms with E-state index in [9.17, 15) is 26.7 Å². The number of carbonyl (C=O) groups is 1. The summed E-state index contributed by atoms with van der Waals surface area (Å²) in [5.74, 6) is -1.24. The van der Waals surface area contributed by atoms with Crippen molar-refractivity contribution >= 4 is 6.29 Å². The average Bonchev–Trinajstić information content (AvgIpc) is 2.25. The number of hydrogen-bond donors (Lipinski definition) is 0. The Morgan fingerprint density at radius 3 is 2.44 bits per heavy atom. The van der Waals surface area contributed by atoms with Gasteiger partial charge < -0.3 is 4.74 Å². The Morgan fingerprint density at radius 2 is 2.06 bits per heavy atom. The molecule has 0 aromatic carbocycles. The molecular weight excluding hydrogens is 263 g/mol. The highest BCUT2D eigenvalue weighted by molar-refractivity contribution is 5.83. The predicted molar refractivity (Wildman–Crippen MR) is 46.0 cm³/mol. The minimum absolute atomic E-state index is 0.196.